The maximum Gasteiger partial charge on any atom is 0.336 e. The molecule has 1 unspecified atom stereocenters. The second-order valence-electron chi connectivity index (χ2n) is 6.54. The van der Waals surface area contributed by atoms with E-state index in [0.717, 1.165) is 17.5 Å². The van der Waals surface area contributed by atoms with Gasteiger partial charge in [-0.15, -0.1) is 0 Å². The zero-order valence-electron chi connectivity index (χ0n) is 15.0. The lowest BCUT2D eigenvalue weighted by atomic mass is 9.88. The second-order valence-corrected chi connectivity index (χ2v) is 6.54. The number of hydrogen-bond acceptors (Lipinski definition) is 4. The number of amides is 1. The number of carbonyl (C=O) groups is 2. The van der Waals surface area contributed by atoms with Crippen LogP contribution in [0.4, 0.5) is 5.69 Å². The Kier molecular flexibility index (Phi) is 4.33. The fourth-order valence-corrected chi connectivity index (χ4v) is 3.24. The van der Waals surface area contributed by atoms with Crippen LogP contribution in [0.25, 0.3) is 0 Å². The van der Waals surface area contributed by atoms with Crippen molar-refractivity contribution in [1.82, 2.24) is 4.98 Å². The van der Waals surface area contributed by atoms with Crippen LogP contribution in [0.2, 0.25) is 0 Å². The van der Waals surface area contributed by atoms with Crippen LogP contribution in [0, 0.1) is 13.8 Å². The third-order valence-electron chi connectivity index (χ3n) is 4.78. The van der Waals surface area contributed by atoms with E-state index in [1.807, 2.05) is 32.9 Å². The van der Waals surface area contributed by atoms with Crippen molar-refractivity contribution in [3.8, 4) is 0 Å². The molecule has 0 spiro atoms. The SMILES string of the molecule is CCCOC(=O)C1(C)c2cc(C)c(C)cc2C(=O)N1c1cccnc1. The summed E-state index contributed by atoms with van der Waals surface area (Å²) in [6, 6.07) is 7.31. The van der Waals surface area contributed by atoms with E-state index >= 15 is 0 Å². The molecule has 0 saturated heterocycles. The highest BCUT2D eigenvalue weighted by molar-refractivity contribution is 6.17. The summed E-state index contributed by atoms with van der Waals surface area (Å²) in [6.07, 6.45) is 3.95. The molecule has 130 valence electrons. The lowest BCUT2D eigenvalue weighted by molar-refractivity contribution is -0.149. The minimum absolute atomic E-state index is 0.206. The maximum atomic E-state index is 13.1. The second kappa shape index (κ2) is 6.31. The molecule has 0 bridgehead atoms. The van der Waals surface area contributed by atoms with Gasteiger partial charge in [-0.1, -0.05) is 13.0 Å². The van der Waals surface area contributed by atoms with Crippen molar-refractivity contribution < 1.29 is 14.3 Å². The lowest BCUT2D eigenvalue weighted by Gasteiger charge is -2.33. The number of benzene rings is 1. The largest absolute Gasteiger partial charge is 0.464 e. The van der Waals surface area contributed by atoms with Crippen LogP contribution in [0.3, 0.4) is 0 Å². The molecule has 25 heavy (non-hydrogen) atoms. The topological polar surface area (TPSA) is 59.5 Å². The monoisotopic (exact) mass is 338 g/mol. The molecule has 1 atom stereocenters. The first-order valence-electron chi connectivity index (χ1n) is 8.44. The predicted octanol–water partition coefficient (Wildman–Crippen LogP) is 3.53. The number of aromatic nitrogens is 1. The number of carbonyl (C=O) groups excluding carboxylic acids is 2. The first-order chi connectivity index (χ1) is 11.9. The van der Waals surface area contributed by atoms with Crippen LogP contribution < -0.4 is 4.90 Å². The van der Waals surface area contributed by atoms with Gasteiger partial charge in [-0.2, -0.15) is 0 Å². The summed E-state index contributed by atoms with van der Waals surface area (Å²) < 4.78 is 5.45. The van der Waals surface area contributed by atoms with Gasteiger partial charge >= 0.3 is 5.97 Å². The fraction of sp³-hybridized carbons (Fsp3) is 0.350. The van der Waals surface area contributed by atoms with Crippen molar-refractivity contribution in [2.45, 2.75) is 39.7 Å². The number of aryl methyl sites for hydroxylation is 2. The number of fused-ring (bicyclic) bond motifs is 1. The molecule has 0 N–H and O–H groups in total. The average molecular weight is 338 g/mol. The number of hydrogen-bond donors (Lipinski definition) is 0. The minimum Gasteiger partial charge on any atom is -0.464 e. The molecular formula is C20H22N2O3. The highest BCUT2D eigenvalue weighted by Crippen LogP contribution is 2.43. The van der Waals surface area contributed by atoms with Gasteiger partial charge in [0.05, 0.1) is 18.5 Å². The molecule has 3 rings (SSSR count). The van der Waals surface area contributed by atoms with Crippen molar-refractivity contribution in [2.75, 3.05) is 11.5 Å². The van der Waals surface area contributed by atoms with Crippen molar-refractivity contribution in [2.24, 2.45) is 0 Å². The summed E-state index contributed by atoms with van der Waals surface area (Å²) in [7, 11) is 0. The third kappa shape index (κ3) is 2.60. The fourth-order valence-electron chi connectivity index (χ4n) is 3.24. The van der Waals surface area contributed by atoms with Gasteiger partial charge in [0.15, 0.2) is 5.54 Å². The average Bonchev–Trinajstić information content (AvgIpc) is 2.82. The van der Waals surface area contributed by atoms with Gasteiger partial charge in [-0.05, 0) is 56.5 Å². The van der Waals surface area contributed by atoms with Gasteiger partial charge in [-0.3, -0.25) is 14.7 Å². The Morgan fingerprint density at radius 2 is 2.00 bits per heavy atom. The Morgan fingerprint density at radius 3 is 2.64 bits per heavy atom. The van der Waals surface area contributed by atoms with Gasteiger partial charge in [0.2, 0.25) is 0 Å². The van der Waals surface area contributed by atoms with Crippen LogP contribution >= 0.6 is 0 Å². The molecule has 2 heterocycles. The summed E-state index contributed by atoms with van der Waals surface area (Å²) in [5.41, 5.74) is 2.66. The molecule has 1 amide bonds. The standard InChI is InChI=1S/C20H22N2O3/c1-5-9-25-19(24)20(4)17-11-14(3)13(2)10-16(17)18(23)22(20)15-7-6-8-21-12-15/h6-8,10-12H,5,9H2,1-4H3. The summed E-state index contributed by atoms with van der Waals surface area (Å²) in [5.74, 6) is -0.629. The molecule has 1 aliphatic heterocycles. The number of rotatable bonds is 4. The Bertz CT molecular complexity index is 832. The van der Waals surface area contributed by atoms with E-state index in [-0.39, 0.29) is 5.91 Å². The molecule has 1 aliphatic rings. The van der Waals surface area contributed by atoms with Gasteiger partial charge < -0.3 is 4.74 Å². The van der Waals surface area contributed by atoms with Crippen molar-refractivity contribution in [3.63, 3.8) is 0 Å². The minimum atomic E-state index is -1.21. The Morgan fingerprint density at radius 1 is 1.28 bits per heavy atom. The smallest absolute Gasteiger partial charge is 0.336 e. The zero-order chi connectivity index (χ0) is 18.2. The van der Waals surface area contributed by atoms with E-state index < -0.39 is 11.5 Å². The maximum absolute atomic E-state index is 13.1. The molecule has 5 heteroatoms. The van der Waals surface area contributed by atoms with Gasteiger partial charge in [0.25, 0.3) is 5.91 Å². The number of pyridine rings is 1. The number of ether oxygens (including phenoxy) is 1. The van der Waals surface area contributed by atoms with Crippen molar-refractivity contribution in [1.29, 1.82) is 0 Å². The molecule has 0 radical (unpaired) electrons. The van der Waals surface area contributed by atoms with E-state index in [1.54, 1.807) is 31.5 Å². The normalized spacial score (nSPS) is 19.0. The van der Waals surface area contributed by atoms with Crippen LogP contribution in [0.1, 0.15) is 47.3 Å². The number of esters is 1. The zero-order valence-corrected chi connectivity index (χ0v) is 15.0. The highest BCUT2D eigenvalue weighted by atomic mass is 16.5. The summed E-state index contributed by atoms with van der Waals surface area (Å²) in [5, 5.41) is 0. The quantitative estimate of drug-likeness (QED) is 0.800. The van der Waals surface area contributed by atoms with Crippen molar-refractivity contribution >= 4 is 17.6 Å². The van der Waals surface area contributed by atoms with E-state index in [9.17, 15) is 9.59 Å². The first kappa shape index (κ1) is 17.1. The summed E-state index contributed by atoms with van der Waals surface area (Å²) >= 11 is 0. The van der Waals surface area contributed by atoms with E-state index in [1.165, 1.54) is 4.90 Å². The first-order valence-corrected chi connectivity index (χ1v) is 8.44. The predicted molar refractivity (Wildman–Crippen MR) is 95.6 cm³/mol. The molecule has 1 aromatic carbocycles. The van der Waals surface area contributed by atoms with Crippen molar-refractivity contribution in [3.05, 3.63) is 58.9 Å². The molecule has 0 fully saturated rings. The van der Waals surface area contributed by atoms with Gasteiger partial charge in [0, 0.05) is 17.3 Å². The molecule has 0 aliphatic carbocycles. The van der Waals surface area contributed by atoms with Crippen LogP contribution in [0.5, 0.6) is 0 Å². The lowest BCUT2D eigenvalue weighted by Crippen LogP contribution is -2.49. The molecule has 0 saturated carbocycles. The third-order valence-corrected chi connectivity index (χ3v) is 4.78. The molecule has 2 aromatic rings. The summed E-state index contributed by atoms with van der Waals surface area (Å²) in [4.78, 5) is 31.7. The Hall–Kier alpha value is -2.69. The van der Waals surface area contributed by atoms with E-state index in [0.29, 0.717) is 23.4 Å². The van der Waals surface area contributed by atoms with Gasteiger partial charge in [0.1, 0.15) is 0 Å². The van der Waals surface area contributed by atoms with Crippen LogP contribution in [-0.2, 0) is 15.1 Å². The van der Waals surface area contributed by atoms with Crippen LogP contribution in [-0.4, -0.2) is 23.5 Å². The highest BCUT2D eigenvalue weighted by Gasteiger charge is 2.53. The molecule has 1 aromatic heterocycles. The molecular weight excluding hydrogens is 316 g/mol. The number of anilines is 1. The van der Waals surface area contributed by atoms with Crippen LogP contribution in [0.15, 0.2) is 36.7 Å². The Labute approximate surface area is 147 Å². The van der Waals surface area contributed by atoms with E-state index in [4.69, 9.17) is 4.74 Å². The number of nitrogens with zero attached hydrogens (tertiary/aromatic N) is 2. The van der Waals surface area contributed by atoms with E-state index in [2.05, 4.69) is 4.98 Å². The van der Waals surface area contributed by atoms with Gasteiger partial charge in [-0.25, -0.2) is 4.79 Å². The summed E-state index contributed by atoms with van der Waals surface area (Å²) in [6.45, 7) is 7.95. The Balaban J connectivity index is 2.21. The molecule has 5 nitrogen and oxygen atoms in total.